The van der Waals surface area contributed by atoms with Crippen molar-refractivity contribution in [3.8, 4) is 0 Å². The second kappa shape index (κ2) is 79.5. The average molecular weight is 1270 g/mol. The highest BCUT2D eigenvalue weighted by molar-refractivity contribution is 5.76. The largest absolute Gasteiger partial charge is 0.466 e. The van der Waals surface area contributed by atoms with Gasteiger partial charge in [0.25, 0.3) is 0 Å². The lowest BCUT2D eigenvalue weighted by Crippen LogP contribution is -2.45. The zero-order valence-electron chi connectivity index (χ0n) is 61.1. The van der Waals surface area contributed by atoms with Crippen LogP contribution in [0.15, 0.2) is 36.5 Å². The fourth-order valence-electron chi connectivity index (χ4n) is 13.1. The fourth-order valence-corrected chi connectivity index (χ4v) is 13.1. The number of carbonyl (C=O) groups excluding carboxylic acids is 2. The molecule has 3 N–H and O–H groups in total. The number of amides is 1. The van der Waals surface area contributed by atoms with Crippen molar-refractivity contribution in [3.63, 3.8) is 0 Å². The minimum Gasteiger partial charge on any atom is -0.466 e. The third-order valence-electron chi connectivity index (χ3n) is 19.4. The van der Waals surface area contributed by atoms with Crippen LogP contribution in [0.25, 0.3) is 0 Å². The summed E-state index contributed by atoms with van der Waals surface area (Å²) in [6.45, 7) is 4.93. The van der Waals surface area contributed by atoms with E-state index >= 15 is 0 Å². The number of carbonyl (C=O) groups is 2. The number of esters is 1. The molecule has 0 saturated heterocycles. The lowest BCUT2D eigenvalue weighted by molar-refractivity contribution is -0.143. The molecule has 0 aliphatic heterocycles. The molecule has 0 spiro atoms. The molecule has 0 heterocycles. The van der Waals surface area contributed by atoms with Gasteiger partial charge in [-0.05, 0) is 64.2 Å². The Labute approximate surface area is 564 Å². The summed E-state index contributed by atoms with van der Waals surface area (Å²) in [6.07, 6.45) is 104. The number of unbranched alkanes of at least 4 members (excludes halogenated alkanes) is 63. The molecule has 532 valence electrons. The molecule has 0 aromatic carbocycles. The van der Waals surface area contributed by atoms with Crippen molar-refractivity contribution in [1.29, 1.82) is 0 Å². The van der Waals surface area contributed by atoms with Gasteiger partial charge in [0.15, 0.2) is 0 Å². The standard InChI is InChI=1S/C84H161NO5/c1-3-5-7-9-11-13-15-17-19-21-40-44-48-52-56-60-64-68-72-76-82(87)81(80-86)85-83(88)77-73-69-65-61-57-53-49-45-42-38-36-34-32-30-28-26-24-23-25-27-29-31-33-35-37-39-43-47-51-55-59-63-67-71-75-79-90-84(89)78-74-70-66-62-58-54-50-46-41-22-20-18-16-14-12-10-8-6-4-2/h12,14,18,20,72,76,81-82,86-87H,3-11,13,15-17,19,21-71,73-75,77-80H2,1-2H3,(H,85,88)/b14-12-,20-18-,76-72+. The Morgan fingerprint density at radius 3 is 0.867 bits per heavy atom. The maximum absolute atomic E-state index is 12.5. The Bertz CT molecular complexity index is 1460. The Morgan fingerprint density at radius 2 is 0.556 bits per heavy atom. The molecule has 1 amide bonds. The van der Waals surface area contributed by atoms with Crippen molar-refractivity contribution in [2.45, 2.75) is 475 Å². The van der Waals surface area contributed by atoms with Crippen molar-refractivity contribution in [1.82, 2.24) is 5.32 Å². The molecule has 0 aromatic rings. The first-order valence-electron chi connectivity index (χ1n) is 41.3. The molecular formula is C84H161NO5. The molecule has 6 nitrogen and oxygen atoms in total. The zero-order valence-corrected chi connectivity index (χ0v) is 61.1. The number of rotatable bonds is 78. The number of ether oxygens (including phenoxy) is 1. The van der Waals surface area contributed by atoms with E-state index in [1.165, 1.54) is 392 Å². The summed E-state index contributed by atoms with van der Waals surface area (Å²) in [7, 11) is 0. The molecule has 0 aliphatic rings. The monoisotopic (exact) mass is 1260 g/mol. The van der Waals surface area contributed by atoms with Crippen molar-refractivity contribution < 1.29 is 24.5 Å². The summed E-state index contributed by atoms with van der Waals surface area (Å²) >= 11 is 0. The first kappa shape index (κ1) is 88.1. The van der Waals surface area contributed by atoms with Gasteiger partial charge in [-0.2, -0.15) is 0 Å². The first-order valence-corrected chi connectivity index (χ1v) is 41.3. The summed E-state index contributed by atoms with van der Waals surface area (Å²) in [4.78, 5) is 24.7. The van der Waals surface area contributed by atoms with Gasteiger partial charge in [-0.3, -0.25) is 9.59 Å². The summed E-state index contributed by atoms with van der Waals surface area (Å²) < 4.78 is 5.52. The maximum atomic E-state index is 12.5. The van der Waals surface area contributed by atoms with Crippen LogP contribution in [0.2, 0.25) is 0 Å². The topological polar surface area (TPSA) is 95.9 Å². The lowest BCUT2D eigenvalue weighted by atomic mass is 10.0. The van der Waals surface area contributed by atoms with Crippen LogP contribution in [0.1, 0.15) is 463 Å². The van der Waals surface area contributed by atoms with E-state index in [2.05, 4.69) is 43.5 Å². The molecule has 0 fully saturated rings. The SMILES string of the molecule is CCCCC/C=C\C/C=C\CCCCCCCCCCCC(=O)OCCCCCCCCCCCCCCCCCCCCCCCCCCCCCCCCCCCCCC(=O)NC(CO)C(O)/C=C/CCCCCCCCCCCCCCCCCCC. The van der Waals surface area contributed by atoms with Crippen LogP contribution in [-0.4, -0.2) is 47.4 Å². The molecule has 0 radical (unpaired) electrons. The molecule has 0 bridgehead atoms. The van der Waals surface area contributed by atoms with Crippen LogP contribution in [-0.2, 0) is 14.3 Å². The third kappa shape index (κ3) is 75.1. The Balaban J connectivity index is 3.32. The van der Waals surface area contributed by atoms with Crippen molar-refractivity contribution in [2.75, 3.05) is 13.2 Å². The van der Waals surface area contributed by atoms with E-state index in [0.717, 1.165) is 44.9 Å². The van der Waals surface area contributed by atoms with E-state index in [1.54, 1.807) is 6.08 Å². The first-order chi connectivity index (χ1) is 44.5. The highest BCUT2D eigenvalue weighted by Gasteiger charge is 2.18. The Hall–Kier alpha value is -1.92. The van der Waals surface area contributed by atoms with Gasteiger partial charge in [0.05, 0.1) is 25.4 Å². The molecular weight excluding hydrogens is 1100 g/mol. The van der Waals surface area contributed by atoms with Crippen LogP contribution in [0.5, 0.6) is 0 Å². The highest BCUT2D eigenvalue weighted by atomic mass is 16.5. The molecule has 0 saturated carbocycles. The van der Waals surface area contributed by atoms with Gasteiger partial charge in [-0.1, -0.05) is 423 Å². The van der Waals surface area contributed by atoms with E-state index in [0.29, 0.717) is 19.4 Å². The van der Waals surface area contributed by atoms with Gasteiger partial charge in [-0.15, -0.1) is 0 Å². The summed E-state index contributed by atoms with van der Waals surface area (Å²) in [5, 5.41) is 23.3. The van der Waals surface area contributed by atoms with E-state index in [9.17, 15) is 19.8 Å². The van der Waals surface area contributed by atoms with Crippen molar-refractivity contribution in [2.24, 2.45) is 0 Å². The number of nitrogens with one attached hydrogen (secondary N) is 1. The van der Waals surface area contributed by atoms with Gasteiger partial charge in [0, 0.05) is 12.8 Å². The number of aliphatic hydroxyl groups excluding tert-OH is 2. The van der Waals surface area contributed by atoms with Crippen LogP contribution < -0.4 is 5.32 Å². The summed E-state index contributed by atoms with van der Waals surface area (Å²) in [5.41, 5.74) is 0. The van der Waals surface area contributed by atoms with E-state index in [-0.39, 0.29) is 18.5 Å². The zero-order chi connectivity index (χ0) is 64.9. The van der Waals surface area contributed by atoms with Crippen LogP contribution >= 0.6 is 0 Å². The van der Waals surface area contributed by atoms with Crippen molar-refractivity contribution in [3.05, 3.63) is 36.5 Å². The third-order valence-corrected chi connectivity index (χ3v) is 19.4. The van der Waals surface area contributed by atoms with Crippen LogP contribution in [0, 0.1) is 0 Å². The number of hydrogen-bond acceptors (Lipinski definition) is 5. The second-order valence-corrected chi connectivity index (χ2v) is 28.5. The Kier molecular flexibility index (Phi) is 77.8. The number of hydrogen-bond donors (Lipinski definition) is 3. The van der Waals surface area contributed by atoms with Crippen LogP contribution in [0.4, 0.5) is 0 Å². The lowest BCUT2D eigenvalue weighted by Gasteiger charge is -2.20. The minimum absolute atomic E-state index is 0.0194. The van der Waals surface area contributed by atoms with Crippen molar-refractivity contribution >= 4 is 11.9 Å². The van der Waals surface area contributed by atoms with Gasteiger partial charge in [0.2, 0.25) is 5.91 Å². The number of allylic oxidation sites excluding steroid dienone is 5. The molecule has 6 heteroatoms. The number of aliphatic hydroxyl groups is 2. The van der Waals surface area contributed by atoms with Crippen LogP contribution in [0.3, 0.4) is 0 Å². The summed E-state index contributed by atoms with van der Waals surface area (Å²) in [6, 6.07) is -0.625. The molecule has 0 aromatic heterocycles. The molecule has 2 atom stereocenters. The maximum Gasteiger partial charge on any atom is 0.305 e. The second-order valence-electron chi connectivity index (χ2n) is 28.5. The van der Waals surface area contributed by atoms with Gasteiger partial charge < -0.3 is 20.3 Å². The minimum atomic E-state index is -0.842. The Morgan fingerprint density at radius 1 is 0.311 bits per heavy atom. The average Bonchev–Trinajstić information content (AvgIpc) is 3.74. The predicted octanol–water partition coefficient (Wildman–Crippen LogP) is 27.4. The smallest absolute Gasteiger partial charge is 0.305 e. The normalized spacial score (nSPS) is 12.6. The molecule has 90 heavy (non-hydrogen) atoms. The molecule has 0 rings (SSSR count). The van der Waals surface area contributed by atoms with Gasteiger partial charge in [0.1, 0.15) is 0 Å². The predicted molar refractivity (Wildman–Crippen MR) is 398 cm³/mol. The molecule has 2 unspecified atom stereocenters. The van der Waals surface area contributed by atoms with E-state index in [4.69, 9.17) is 4.74 Å². The van der Waals surface area contributed by atoms with E-state index in [1.807, 2.05) is 6.08 Å². The van der Waals surface area contributed by atoms with Gasteiger partial charge in [-0.25, -0.2) is 0 Å². The van der Waals surface area contributed by atoms with Gasteiger partial charge >= 0.3 is 5.97 Å². The molecule has 0 aliphatic carbocycles. The summed E-state index contributed by atoms with van der Waals surface area (Å²) in [5.74, 6) is -0.0390. The fraction of sp³-hybridized carbons (Fsp3) is 0.905. The highest BCUT2D eigenvalue weighted by Crippen LogP contribution is 2.20. The van der Waals surface area contributed by atoms with E-state index < -0.39 is 12.1 Å². The quantitative estimate of drug-likeness (QED) is 0.0320.